The van der Waals surface area contributed by atoms with Crippen molar-refractivity contribution >= 4 is 23.6 Å². The first-order valence-electron chi connectivity index (χ1n) is 7.55. The van der Waals surface area contributed by atoms with Crippen LogP contribution in [0.1, 0.15) is 11.1 Å². The second kappa shape index (κ2) is 8.99. The minimum Gasteiger partial charge on any atom is -0.493 e. The van der Waals surface area contributed by atoms with Gasteiger partial charge in [0.05, 0.1) is 14.2 Å². The van der Waals surface area contributed by atoms with Crippen molar-refractivity contribution in [3.8, 4) is 11.5 Å². The molecule has 0 saturated carbocycles. The average Bonchev–Trinajstić information content (AvgIpc) is 2.61. The molecule has 2 aromatic carbocycles. The van der Waals surface area contributed by atoms with Crippen LogP contribution in [0.4, 0.5) is 0 Å². The van der Waals surface area contributed by atoms with Gasteiger partial charge in [0.25, 0.3) is 0 Å². The third kappa shape index (κ3) is 5.03. The number of halogens is 1. The molecule has 1 amide bonds. The summed E-state index contributed by atoms with van der Waals surface area (Å²) < 4.78 is 10.5. The number of hydrogen-bond donors (Lipinski definition) is 1. The number of methoxy groups -OCH3 is 2. The van der Waals surface area contributed by atoms with Crippen LogP contribution in [0.15, 0.2) is 48.5 Å². The monoisotopic (exact) mass is 345 g/mol. The Bertz CT molecular complexity index is 728. The molecule has 0 bridgehead atoms. The van der Waals surface area contributed by atoms with Gasteiger partial charge in [-0.3, -0.25) is 4.79 Å². The second-order valence-electron chi connectivity index (χ2n) is 5.09. The molecule has 0 heterocycles. The topological polar surface area (TPSA) is 47.6 Å². The molecule has 0 fully saturated rings. The van der Waals surface area contributed by atoms with Gasteiger partial charge in [-0.25, -0.2) is 0 Å². The van der Waals surface area contributed by atoms with E-state index < -0.39 is 0 Å². The van der Waals surface area contributed by atoms with Crippen LogP contribution in [0.25, 0.3) is 6.08 Å². The first-order valence-corrected chi connectivity index (χ1v) is 7.93. The van der Waals surface area contributed by atoms with Crippen LogP contribution >= 0.6 is 11.6 Å². The Labute approximate surface area is 147 Å². The molecule has 0 saturated heterocycles. The molecule has 4 nitrogen and oxygen atoms in total. The summed E-state index contributed by atoms with van der Waals surface area (Å²) in [7, 11) is 3.20. The van der Waals surface area contributed by atoms with Gasteiger partial charge >= 0.3 is 0 Å². The van der Waals surface area contributed by atoms with Gasteiger partial charge in [-0.05, 0) is 41.8 Å². The standard InChI is InChI=1S/C19H20ClNO3/c1-23-17-9-7-14(13-18(17)24-2)11-12-21-19(22)10-8-15-5-3-4-6-16(15)20/h3-10,13H,11-12H2,1-2H3,(H,21,22). The number of rotatable bonds is 7. The van der Waals surface area contributed by atoms with Gasteiger partial charge < -0.3 is 14.8 Å². The van der Waals surface area contributed by atoms with E-state index in [0.717, 1.165) is 11.1 Å². The minimum absolute atomic E-state index is 0.157. The lowest BCUT2D eigenvalue weighted by atomic mass is 10.1. The number of carbonyl (C=O) groups is 1. The zero-order valence-electron chi connectivity index (χ0n) is 13.7. The van der Waals surface area contributed by atoms with Crippen LogP contribution in [-0.4, -0.2) is 26.7 Å². The lowest BCUT2D eigenvalue weighted by Gasteiger charge is -2.09. The Balaban J connectivity index is 1.85. The molecule has 0 aliphatic carbocycles. The van der Waals surface area contributed by atoms with Crippen LogP contribution in [0, 0.1) is 0 Å². The van der Waals surface area contributed by atoms with Crippen molar-refractivity contribution in [3.05, 3.63) is 64.7 Å². The molecule has 2 rings (SSSR count). The Morgan fingerprint density at radius 2 is 1.88 bits per heavy atom. The van der Waals surface area contributed by atoms with E-state index in [1.807, 2.05) is 36.4 Å². The largest absolute Gasteiger partial charge is 0.493 e. The number of amides is 1. The van der Waals surface area contributed by atoms with Crippen molar-refractivity contribution in [1.29, 1.82) is 0 Å². The smallest absolute Gasteiger partial charge is 0.244 e. The Hall–Kier alpha value is -2.46. The fraction of sp³-hybridized carbons (Fsp3) is 0.211. The lowest BCUT2D eigenvalue weighted by Crippen LogP contribution is -2.23. The molecule has 0 spiro atoms. The van der Waals surface area contributed by atoms with Crippen molar-refractivity contribution in [1.82, 2.24) is 5.32 Å². The molecule has 0 aromatic heterocycles. The molecule has 2 aromatic rings. The summed E-state index contributed by atoms with van der Waals surface area (Å²) >= 11 is 6.04. The molecule has 1 N–H and O–H groups in total. The third-order valence-corrected chi connectivity index (χ3v) is 3.82. The fourth-order valence-electron chi connectivity index (χ4n) is 2.20. The molecule has 0 radical (unpaired) electrons. The lowest BCUT2D eigenvalue weighted by molar-refractivity contribution is -0.116. The normalized spacial score (nSPS) is 10.6. The average molecular weight is 346 g/mol. The van der Waals surface area contributed by atoms with Crippen molar-refractivity contribution < 1.29 is 14.3 Å². The van der Waals surface area contributed by atoms with Crippen molar-refractivity contribution in [2.45, 2.75) is 6.42 Å². The van der Waals surface area contributed by atoms with Gasteiger partial charge in [0, 0.05) is 17.6 Å². The highest BCUT2D eigenvalue weighted by Gasteiger charge is 2.05. The first-order chi connectivity index (χ1) is 11.6. The van der Waals surface area contributed by atoms with Crippen LogP contribution in [0.3, 0.4) is 0 Å². The third-order valence-electron chi connectivity index (χ3n) is 3.48. The highest BCUT2D eigenvalue weighted by atomic mass is 35.5. The van der Waals surface area contributed by atoms with E-state index in [4.69, 9.17) is 21.1 Å². The Morgan fingerprint density at radius 3 is 2.58 bits per heavy atom. The SMILES string of the molecule is COc1ccc(CCNC(=O)C=Cc2ccccc2Cl)cc1OC. The number of benzene rings is 2. The van der Waals surface area contributed by atoms with Crippen molar-refractivity contribution in [3.63, 3.8) is 0 Å². The molecular formula is C19H20ClNO3. The van der Waals surface area contributed by atoms with E-state index in [0.29, 0.717) is 29.5 Å². The molecule has 24 heavy (non-hydrogen) atoms. The van der Waals surface area contributed by atoms with Crippen LogP contribution in [0.2, 0.25) is 5.02 Å². The van der Waals surface area contributed by atoms with Gasteiger partial charge in [0.1, 0.15) is 0 Å². The maximum absolute atomic E-state index is 11.9. The first kappa shape index (κ1) is 17.9. The predicted molar refractivity (Wildman–Crippen MR) is 96.7 cm³/mol. The maximum atomic E-state index is 11.9. The maximum Gasteiger partial charge on any atom is 0.244 e. The summed E-state index contributed by atoms with van der Waals surface area (Å²) in [4.78, 5) is 11.9. The molecule has 0 aliphatic rings. The molecule has 0 atom stereocenters. The quantitative estimate of drug-likeness (QED) is 0.778. The summed E-state index contributed by atoms with van der Waals surface area (Å²) in [5.74, 6) is 1.21. The Kier molecular flexibility index (Phi) is 6.70. The number of hydrogen-bond acceptors (Lipinski definition) is 3. The van der Waals surface area contributed by atoms with Gasteiger partial charge in [-0.15, -0.1) is 0 Å². The number of carbonyl (C=O) groups excluding carboxylic acids is 1. The highest BCUT2D eigenvalue weighted by molar-refractivity contribution is 6.32. The van der Waals surface area contributed by atoms with Crippen molar-refractivity contribution in [2.24, 2.45) is 0 Å². The van der Waals surface area contributed by atoms with Gasteiger partial charge in [0.2, 0.25) is 5.91 Å². The fourth-order valence-corrected chi connectivity index (χ4v) is 2.40. The zero-order chi connectivity index (χ0) is 17.4. The summed E-state index contributed by atoms with van der Waals surface area (Å²) in [5.41, 5.74) is 1.87. The van der Waals surface area contributed by atoms with Crippen LogP contribution in [0.5, 0.6) is 11.5 Å². The van der Waals surface area contributed by atoms with Crippen LogP contribution < -0.4 is 14.8 Å². The highest BCUT2D eigenvalue weighted by Crippen LogP contribution is 2.27. The number of nitrogens with one attached hydrogen (secondary N) is 1. The van der Waals surface area contributed by atoms with Crippen molar-refractivity contribution in [2.75, 3.05) is 20.8 Å². The number of ether oxygens (including phenoxy) is 2. The van der Waals surface area contributed by atoms with E-state index >= 15 is 0 Å². The van der Waals surface area contributed by atoms with Crippen LogP contribution in [-0.2, 0) is 11.2 Å². The van der Waals surface area contributed by atoms with E-state index in [9.17, 15) is 4.79 Å². The molecular weight excluding hydrogens is 326 g/mol. The van der Waals surface area contributed by atoms with Gasteiger partial charge in [-0.2, -0.15) is 0 Å². The van der Waals surface area contributed by atoms with E-state index in [1.54, 1.807) is 26.4 Å². The molecule has 0 unspecified atom stereocenters. The van der Waals surface area contributed by atoms with E-state index in [-0.39, 0.29) is 5.91 Å². The predicted octanol–water partition coefficient (Wildman–Crippen LogP) is 3.73. The van der Waals surface area contributed by atoms with Gasteiger partial charge in [-0.1, -0.05) is 35.9 Å². The second-order valence-corrected chi connectivity index (χ2v) is 5.49. The summed E-state index contributed by atoms with van der Waals surface area (Å²) in [5, 5.41) is 3.46. The molecule has 0 aliphatic heterocycles. The van der Waals surface area contributed by atoms with E-state index in [1.165, 1.54) is 6.08 Å². The Morgan fingerprint density at radius 1 is 1.12 bits per heavy atom. The zero-order valence-corrected chi connectivity index (χ0v) is 14.5. The summed E-state index contributed by atoms with van der Waals surface area (Å²) in [6.45, 7) is 0.529. The summed E-state index contributed by atoms with van der Waals surface area (Å²) in [6, 6.07) is 13.1. The van der Waals surface area contributed by atoms with E-state index in [2.05, 4.69) is 5.32 Å². The molecule has 5 heteroatoms. The minimum atomic E-state index is -0.157. The summed E-state index contributed by atoms with van der Waals surface area (Å²) in [6.07, 6.45) is 3.88. The van der Waals surface area contributed by atoms with Gasteiger partial charge in [0.15, 0.2) is 11.5 Å². The molecule has 126 valence electrons.